The van der Waals surface area contributed by atoms with Crippen molar-refractivity contribution in [3.63, 3.8) is 0 Å². The number of ether oxygens (including phenoxy) is 1. The van der Waals surface area contributed by atoms with Gasteiger partial charge in [-0.15, -0.1) is 0 Å². The van der Waals surface area contributed by atoms with Gasteiger partial charge in [0.25, 0.3) is 0 Å². The summed E-state index contributed by atoms with van der Waals surface area (Å²) >= 11 is 0. The van der Waals surface area contributed by atoms with Gasteiger partial charge in [-0.2, -0.15) is 0 Å². The van der Waals surface area contributed by atoms with Crippen LogP contribution in [0.3, 0.4) is 0 Å². The third-order valence-electron chi connectivity index (χ3n) is 3.12. The number of hydrogen-bond acceptors (Lipinski definition) is 4. The van der Waals surface area contributed by atoms with E-state index in [1.807, 2.05) is 24.3 Å². The highest BCUT2D eigenvalue weighted by Crippen LogP contribution is 2.20. The smallest absolute Gasteiger partial charge is 0.219 e. The number of carbonyl (C=O) groups excluding carboxylic acids is 1. The van der Waals surface area contributed by atoms with Gasteiger partial charge >= 0.3 is 0 Å². The van der Waals surface area contributed by atoms with Gasteiger partial charge in [-0.3, -0.25) is 4.79 Å². The molecule has 1 aliphatic rings. The predicted molar refractivity (Wildman–Crippen MR) is 70.2 cm³/mol. The fourth-order valence-corrected chi connectivity index (χ4v) is 2.09. The molecule has 0 aliphatic carbocycles. The molecule has 1 atom stereocenters. The van der Waals surface area contributed by atoms with E-state index in [0.29, 0.717) is 0 Å². The Bertz CT molecular complexity index is 399. The second-order valence-corrected chi connectivity index (χ2v) is 4.47. The summed E-state index contributed by atoms with van der Waals surface area (Å²) in [7, 11) is 0. The fourth-order valence-electron chi connectivity index (χ4n) is 2.09. The minimum absolute atomic E-state index is 0.177. The first-order valence-electron chi connectivity index (χ1n) is 6.13. The Morgan fingerprint density at radius 2 is 1.89 bits per heavy atom. The first kappa shape index (κ1) is 12.9. The first-order chi connectivity index (χ1) is 8.66. The summed E-state index contributed by atoms with van der Waals surface area (Å²) in [5, 5.41) is 0. The Hall–Kier alpha value is -1.59. The highest BCUT2D eigenvalue weighted by atomic mass is 16.5. The van der Waals surface area contributed by atoms with Gasteiger partial charge in [0, 0.05) is 31.2 Å². The van der Waals surface area contributed by atoms with Crippen molar-refractivity contribution >= 4 is 11.6 Å². The molecule has 5 nitrogen and oxygen atoms in total. The van der Waals surface area contributed by atoms with E-state index in [0.717, 1.165) is 37.6 Å². The average molecular weight is 249 g/mol. The molecule has 1 fully saturated rings. The molecule has 0 saturated carbocycles. The topological polar surface area (TPSA) is 81.6 Å². The number of amides is 1. The van der Waals surface area contributed by atoms with Crippen LogP contribution in [0.25, 0.3) is 0 Å². The van der Waals surface area contributed by atoms with Crippen molar-refractivity contribution in [2.75, 3.05) is 31.2 Å². The second-order valence-electron chi connectivity index (χ2n) is 4.47. The Labute approximate surface area is 107 Å². The number of benzene rings is 1. The van der Waals surface area contributed by atoms with Gasteiger partial charge in [-0.25, -0.2) is 0 Å². The lowest BCUT2D eigenvalue weighted by molar-refractivity contribution is -0.118. The van der Waals surface area contributed by atoms with Gasteiger partial charge in [0.15, 0.2) is 0 Å². The number of morpholine rings is 1. The van der Waals surface area contributed by atoms with Crippen molar-refractivity contribution < 1.29 is 9.53 Å². The quantitative estimate of drug-likeness (QED) is 0.809. The van der Waals surface area contributed by atoms with Crippen molar-refractivity contribution in [3.8, 4) is 0 Å². The fraction of sp³-hybridized carbons (Fsp3) is 0.462. The highest BCUT2D eigenvalue weighted by molar-refractivity contribution is 5.74. The largest absolute Gasteiger partial charge is 0.378 e. The van der Waals surface area contributed by atoms with Crippen LogP contribution in [0.2, 0.25) is 0 Å². The monoisotopic (exact) mass is 249 g/mol. The molecule has 4 N–H and O–H groups in total. The molecule has 98 valence electrons. The summed E-state index contributed by atoms with van der Waals surface area (Å²) in [5.74, 6) is -0.375. The van der Waals surface area contributed by atoms with Crippen LogP contribution in [0.1, 0.15) is 18.0 Å². The molecule has 18 heavy (non-hydrogen) atoms. The molecular formula is C13H19N3O2. The molecule has 1 aliphatic heterocycles. The molecule has 5 heteroatoms. The Balaban J connectivity index is 2.02. The summed E-state index contributed by atoms with van der Waals surface area (Å²) < 4.78 is 5.31. The van der Waals surface area contributed by atoms with Gasteiger partial charge < -0.3 is 21.1 Å². The number of nitrogens with zero attached hydrogens (tertiary/aromatic N) is 1. The molecule has 1 aromatic rings. The zero-order chi connectivity index (χ0) is 13.0. The van der Waals surface area contributed by atoms with Gasteiger partial charge in [0.2, 0.25) is 5.91 Å². The van der Waals surface area contributed by atoms with E-state index in [9.17, 15) is 4.79 Å². The van der Waals surface area contributed by atoms with Crippen LogP contribution in [0.15, 0.2) is 24.3 Å². The lowest BCUT2D eigenvalue weighted by Crippen LogP contribution is -2.36. The number of nitrogens with two attached hydrogens (primary N) is 2. The predicted octanol–water partition coefficient (Wildman–Crippen LogP) is 0.398. The standard InChI is InChI=1S/C13H19N3O2/c14-12(9-13(15)17)10-1-3-11(4-2-10)16-5-7-18-8-6-16/h1-4,12H,5-9,14H2,(H2,15,17). The van der Waals surface area contributed by atoms with Gasteiger partial charge in [-0.05, 0) is 17.7 Å². The molecule has 1 saturated heterocycles. The van der Waals surface area contributed by atoms with Crippen LogP contribution in [-0.2, 0) is 9.53 Å². The number of hydrogen-bond donors (Lipinski definition) is 2. The van der Waals surface area contributed by atoms with Crippen LogP contribution in [0, 0.1) is 0 Å². The summed E-state index contributed by atoms with van der Waals surface area (Å²) in [4.78, 5) is 13.1. The van der Waals surface area contributed by atoms with E-state index in [2.05, 4.69) is 4.90 Å². The Morgan fingerprint density at radius 1 is 1.28 bits per heavy atom. The summed E-state index contributed by atoms with van der Waals surface area (Å²) in [5.41, 5.74) is 13.1. The number of rotatable bonds is 4. The van der Waals surface area contributed by atoms with E-state index in [1.54, 1.807) is 0 Å². The van der Waals surface area contributed by atoms with Gasteiger partial charge in [0.05, 0.1) is 13.2 Å². The maximum absolute atomic E-state index is 10.8. The number of anilines is 1. The van der Waals surface area contributed by atoms with E-state index >= 15 is 0 Å². The summed E-state index contributed by atoms with van der Waals surface area (Å²) in [6.45, 7) is 3.35. The summed E-state index contributed by atoms with van der Waals surface area (Å²) in [6.07, 6.45) is 0.177. The van der Waals surface area contributed by atoms with Crippen LogP contribution in [-0.4, -0.2) is 32.2 Å². The SMILES string of the molecule is NC(=O)CC(N)c1ccc(N2CCOCC2)cc1. The highest BCUT2D eigenvalue weighted by Gasteiger charge is 2.13. The Morgan fingerprint density at radius 3 is 2.44 bits per heavy atom. The van der Waals surface area contributed by atoms with E-state index < -0.39 is 0 Å². The van der Waals surface area contributed by atoms with E-state index in [4.69, 9.17) is 16.2 Å². The molecule has 0 radical (unpaired) electrons. The third kappa shape index (κ3) is 3.21. The first-order valence-corrected chi connectivity index (χ1v) is 6.13. The zero-order valence-corrected chi connectivity index (χ0v) is 10.3. The van der Waals surface area contributed by atoms with E-state index in [1.165, 1.54) is 0 Å². The van der Waals surface area contributed by atoms with Crippen LogP contribution in [0.4, 0.5) is 5.69 Å². The zero-order valence-electron chi connectivity index (χ0n) is 10.3. The molecule has 0 bridgehead atoms. The minimum Gasteiger partial charge on any atom is -0.378 e. The molecule has 1 aromatic carbocycles. The van der Waals surface area contributed by atoms with Crippen molar-refractivity contribution in [3.05, 3.63) is 29.8 Å². The normalized spacial score (nSPS) is 17.5. The maximum Gasteiger partial charge on any atom is 0.219 e. The van der Waals surface area contributed by atoms with Gasteiger partial charge in [0.1, 0.15) is 0 Å². The van der Waals surface area contributed by atoms with Crippen molar-refractivity contribution in [2.24, 2.45) is 11.5 Å². The summed E-state index contributed by atoms with van der Waals surface area (Å²) in [6, 6.07) is 7.65. The number of primary amides is 1. The lowest BCUT2D eigenvalue weighted by Gasteiger charge is -2.29. The molecule has 2 rings (SSSR count). The van der Waals surface area contributed by atoms with Crippen molar-refractivity contribution in [1.29, 1.82) is 0 Å². The maximum atomic E-state index is 10.8. The molecule has 1 amide bonds. The number of carbonyl (C=O) groups is 1. The van der Waals surface area contributed by atoms with Crippen molar-refractivity contribution in [1.82, 2.24) is 0 Å². The van der Waals surface area contributed by atoms with Gasteiger partial charge in [-0.1, -0.05) is 12.1 Å². The second kappa shape index (κ2) is 5.84. The van der Waals surface area contributed by atoms with Crippen molar-refractivity contribution in [2.45, 2.75) is 12.5 Å². The molecule has 1 unspecified atom stereocenters. The van der Waals surface area contributed by atoms with E-state index in [-0.39, 0.29) is 18.4 Å². The van der Waals surface area contributed by atoms with Crippen LogP contribution in [0.5, 0.6) is 0 Å². The molecule has 1 heterocycles. The third-order valence-corrected chi connectivity index (χ3v) is 3.12. The Kier molecular flexibility index (Phi) is 4.17. The molecule has 0 spiro atoms. The van der Waals surface area contributed by atoms with Crippen LogP contribution >= 0.6 is 0 Å². The molecular weight excluding hydrogens is 230 g/mol. The minimum atomic E-state index is -0.375. The van der Waals surface area contributed by atoms with Crippen LogP contribution < -0.4 is 16.4 Å². The molecule has 0 aromatic heterocycles. The lowest BCUT2D eigenvalue weighted by atomic mass is 10.0. The average Bonchev–Trinajstić information content (AvgIpc) is 2.39.